The fourth-order valence-corrected chi connectivity index (χ4v) is 4.98. The minimum absolute atomic E-state index is 0.0877. The van der Waals surface area contributed by atoms with Gasteiger partial charge in [-0.05, 0) is 86.8 Å². The van der Waals surface area contributed by atoms with Gasteiger partial charge in [-0.15, -0.1) is 0 Å². The molecule has 2 aromatic rings. The van der Waals surface area contributed by atoms with Crippen molar-refractivity contribution in [2.45, 2.75) is 65.2 Å². The second-order valence-electron chi connectivity index (χ2n) is 10.0. The van der Waals surface area contributed by atoms with Crippen LogP contribution < -0.4 is 10.2 Å². The van der Waals surface area contributed by atoms with Gasteiger partial charge >= 0.3 is 0 Å². The highest BCUT2D eigenvalue weighted by atomic mass is 16.2. The summed E-state index contributed by atoms with van der Waals surface area (Å²) >= 11 is 0. The summed E-state index contributed by atoms with van der Waals surface area (Å²) < 4.78 is 0. The van der Waals surface area contributed by atoms with Crippen LogP contribution in [0.1, 0.15) is 85.1 Å². The zero-order chi connectivity index (χ0) is 23.9. The number of rotatable bonds is 7. The molecule has 2 heterocycles. The second kappa shape index (κ2) is 11.5. The lowest BCUT2D eigenvalue weighted by Crippen LogP contribution is -2.38. The van der Waals surface area contributed by atoms with Crippen LogP contribution in [0.3, 0.4) is 0 Å². The lowest BCUT2D eigenvalue weighted by Gasteiger charge is -2.35. The first-order chi connectivity index (χ1) is 16.5. The summed E-state index contributed by atoms with van der Waals surface area (Å²) in [6.07, 6.45) is 8.95. The molecule has 2 aliphatic rings. The number of nitrogens with zero attached hydrogens (tertiary/aromatic N) is 2. The van der Waals surface area contributed by atoms with Crippen LogP contribution in [0.25, 0.3) is 0 Å². The summed E-state index contributed by atoms with van der Waals surface area (Å²) in [5.41, 5.74) is 4.28. The van der Waals surface area contributed by atoms with Gasteiger partial charge in [0.05, 0.1) is 5.56 Å². The van der Waals surface area contributed by atoms with Gasteiger partial charge in [-0.2, -0.15) is 0 Å². The van der Waals surface area contributed by atoms with Crippen molar-refractivity contribution in [1.29, 1.82) is 0 Å². The van der Waals surface area contributed by atoms with E-state index in [1.165, 1.54) is 12.0 Å². The van der Waals surface area contributed by atoms with Gasteiger partial charge < -0.3 is 15.1 Å². The van der Waals surface area contributed by atoms with E-state index < -0.39 is 0 Å². The highest BCUT2D eigenvalue weighted by Gasteiger charge is 2.25. The highest BCUT2D eigenvalue weighted by Crippen LogP contribution is 2.30. The number of unbranched alkanes of at least 4 members (excludes halogenated alkanes) is 1. The zero-order valence-corrected chi connectivity index (χ0v) is 20.8. The SMILES string of the molecule is CCCCc1ccc(C(=O)Nc2ccc(N3CCC(C)CC3)c(C(=O)N3CCCCC3)c2)cc1. The van der Waals surface area contributed by atoms with Gasteiger partial charge in [-0.3, -0.25) is 9.59 Å². The standard InChI is InChI=1S/C29H39N3O2/c1-3-4-8-23-9-11-24(12-10-23)28(33)30-25-13-14-27(31-19-15-22(2)16-20-31)26(21-25)29(34)32-17-6-5-7-18-32/h9-14,21-22H,3-8,15-20H2,1-2H3,(H,30,33). The van der Waals surface area contributed by atoms with Crippen LogP contribution in [0.5, 0.6) is 0 Å². The molecule has 2 aromatic carbocycles. The Kier molecular flexibility index (Phi) is 8.25. The minimum atomic E-state index is -0.141. The molecule has 2 fully saturated rings. The molecule has 2 saturated heterocycles. The molecule has 0 aliphatic carbocycles. The predicted molar refractivity (Wildman–Crippen MR) is 140 cm³/mol. The number of hydrogen-bond acceptors (Lipinski definition) is 3. The molecule has 0 spiro atoms. The molecule has 0 aromatic heterocycles. The molecule has 182 valence electrons. The molecular formula is C29H39N3O2. The Balaban J connectivity index is 1.54. The van der Waals surface area contributed by atoms with Gasteiger partial charge in [0, 0.05) is 43.1 Å². The Hall–Kier alpha value is -2.82. The van der Waals surface area contributed by atoms with Crippen LogP contribution in [-0.2, 0) is 6.42 Å². The molecule has 2 aliphatic heterocycles. The molecule has 34 heavy (non-hydrogen) atoms. The molecule has 1 N–H and O–H groups in total. The summed E-state index contributed by atoms with van der Waals surface area (Å²) in [6.45, 7) is 8.05. The first kappa shape index (κ1) is 24.3. The quantitative estimate of drug-likeness (QED) is 0.538. The van der Waals surface area contributed by atoms with Gasteiger partial charge in [0.1, 0.15) is 0 Å². The number of carbonyl (C=O) groups excluding carboxylic acids is 2. The van der Waals surface area contributed by atoms with Crippen LogP contribution in [-0.4, -0.2) is 42.9 Å². The largest absolute Gasteiger partial charge is 0.371 e. The Labute approximate surface area is 204 Å². The Morgan fingerprint density at radius 1 is 0.941 bits per heavy atom. The number of aryl methyl sites for hydroxylation is 1. The van der Waals surface area contributed by atoms with E-state index in [0.29, 0.717) is 16.8 Å². The lowest BCUT2D eigenvalue weighted by molar-refractivity contribution is 0.0724. The van der Waals surface area contributed by atoms with Gasteiger partial charge in [0.15, 0.2) is 0 Å². The maximum Gasteiger partial charge on any atom is 0.256 e. The topological polar surface area (TPSA) is 52.7 Å². The number of amides is 2. The van der Waals surface area contributed by atoms with Crippen LogP contribution >= 0.6 is 0 Å². The fraction of sp³-hybridized carbons (Fsp3) is 0.517. The van der Waals surface area contributed by atoms with E-state index >= 15 is 0 Å². The second-order valence-corrected chi connectivity index (χ2v) is 10.0. The summed E-state index contributed by atoms with van der Waals surface area (Å²) in [5, 5.41) is 3.03. The first-order valence-electron chi connectivity index (χ1n) is 13.1. The Morgan fingerprint density at radius 3 is 2.32 bits per heavy atom. The average molecular weight is 462 g/mol. The fourth-order valence-electron chi connectivity index (χ4n) is 4.98. The number of nitrogens with one attached hydrogen (secondary N) is 1. The van der Waals surface area contributed by atoms with Crippen molar-refractivity contribution in [3.63, 3.8) is 0 Å². The van der Waals surface area contributed by atoms with Crippen molar-refractivity contribution in [3.8, 4) is 0 Å². The molecule has 0 saturated carbocycles. The summed E-state index contributed by atoms with van der Waals surface area (Å²) in [4.78, 5) is 30.8. The van der Waals surface area contributed by atoms with Gasteiger partial charge in [-0.25, -0.2) is 0 Å². The van der Waals surface area contributed by atoms with Crippen molar-refractivity contribution in [2.24, 2.45) is 5.92 Å². The maximum absolute atomic E-state index is 13.5. The van der Waals surface area contributed by atoms with Gasteiger partial charge in [0.2, 0.25) is 0 Å². The molecule has 5 nitrogen and oxygen atoms in total. The number of benzene rings is 2. The number of carbonyl (C=O) groups is 2. The number of hydrogen-bond donors (Lipinski definition) is 1. The third-order valence-electron chi connectivity index (χ3n) is 7.29. The molecule has 0 atom stereocenters. The Bertz CT molecular complexity index is 971. The highest BCUT2D eigenvalue weighted by molar-refractivity contribution is 6.06. The van der Waals surface area contributed by atoms with E-state index in [0.717, 1.165) is 82.7 Å². The van der Waals surface area contributed by atoms with E-state index in [-0.39, 0.29) is 11.8 Å². The molecule has 5 heteroatoms. The normalized spacial score (nSPS) is 17.0. The van der Waals surface area contributed by atoms with Crippen LogP contribution in [0.2, 0.25) is 0 Å². The molecule has 0 bridgehead atoms. The van der Waals surface area contributed by atoms with Crippen molar-refractivity contribution in [3.05, 3.63) is 59.2 Å². The van der Waals surface area contributed by atoms with Gasteiger partial charge in [0.25, 0.3) is 11.8 Å². The van der Waals surface area contributed by atoms with Crippen molar-refractivity contribution < 1.29 is 9.59 Å². The van der Waals surface area contributed by atoms with Crippen LogP contribution in [0.15, 0.2) is 42.5 Å². The van der Waals surface area contributed by atoms with E-state index in [1.807, 2.05) is 47.4 Å². The molecule has 0 radical (unpaired) electrons. The molecule has 4 rings (SSSR count). The average Bonchev–Trinajstić information content (AvgIpc) is 2.88. The van der Waals surface area contributed by atoms with Crippen LogP contribution in [0.4, 0.5) is 11.4 Å². The van der Waals surface area contributed by atoms with Crippen molar-refractivity contribution >= 4 is 23.2 Å². The predicted octanol–water partition coefficient (Wildman–Crippen LogP) is 6.14. The zero-order valence-electron chi connectivity index (χ0n) is 20.8. The van der Waals surface area contributed by atoms with E-state index in [9.17, 15) is 9.59 Å². The van der Waals surface area contributed by atoms with E-state index in [2.05, 4.69) is 24.1 Å². The third-order valence-corrected chi connectivity index (χ3v) is 7.29. The smallest absolute Gasteiger partial charge is 0.256 e. The maximum atomic E-state index is 13.5. The van der Waals surface area contributed by atoms with Crippen molar-refractivity contribution in [1.82, 2.24) is 4.90 Å². The lowest BCUT2D eigenvalue weighted by atomic mass is 9.97. The number of likely N-dealkylation sites (tertiary alicyclic amines) is 1. The molecule has 2 amide bonds. The summed E-state index contributed by atoms with van der Waals surface area (Å²) in [6, 6.07) is 13.7. The summed E-state index contributed by atoms with van der Waals surface area (Å²) in [7, 11) is 0. The van der Waals surface area contributed by atoms with E-state index in [1.54, 1.807) is 0 Å². The van der Waals surface area contributed by atoms with Crippen molar-refractivity contribution in [2.75, 3.05) is 36.4 Å². The molecular weight excluding hydrogens is 422 g/mol. The van der Waals surface area contributed by atoms with E-state index in [4.69, 9.17) is 0 Å². The monoisotopic (exact) mass is 461 g/mol. The van der Waals surface area contributed by atoms with Crippen LogP contribution in [0, 0.1) is 5.92 Å². The third kappa shape index (κ3) is 5.99. The summed E-state index contributed by atoms with van der Waals surface area (Å²) in [5.74, 6) is 0.673. The van der Waals surface area contributed by atoms with Gasteiger partial charge in [-0.1, -0.05) is 32.4 Å². The Morgan fingerprint density at radius 2 is 1.65 bits per heavy atom. The number of piperidine rings is 2. The minimum Gasteiger partial charge on any atom is -0.371 e. The molecule has 0 unspecified atom stereocenters. The first-order valence-corrected chi connectivity index (χ1v) is 13.1. The number of anilines is 2.